The van der Waals surface area contributed by atoms with E-state index in [1.165, 1.54) is 26.0 Å². The van der Waals surface area contributed by atoms with Crippen LogP contribution in [0.15, 0.2) is 42.5 Å². The number of likely N-dealkylation sites (N-methyl/N-ethyl adjacent to an activating group) is 1. The quantitative estimate of drug-likeness (QED) is 0.207. The van der Waals surface area contributed by atoms with Crippen LogP contribution >= 0.6 is 0 Å². The van der Waals surface area contributed by atoms with E-state index in [0.717, 1.165) is 6.92 Å². The Morgan fingerprint density at radius 1 is 0.935 bits per heavy atom. The Morgan fingerprint density at radius 2 is 1.54 bits per heavy atom. The summed E-state index contributed by atoms with van der Waals surface area (Å²) in [6, 6.07) is 6.60. The number of hydrogen-bond acceptors (Lipinski definition) is 12. The Morgan fingerprint density at radius 3 is 2.13 bits per heavy atom. The molecule has 6 aliphatic carbocycles. The standard InChI is InChI=1S/C34H37NO11/c1-14-12-33-20-22(40)19(14)23(43-15(2)37)26(33)34-25(21(28(33)41)35(6)27(20)34)32(5,13-36)29(44-16(3)38)24(30(34)45-17(4)39)46-31(42)18-10-8-7-9-11-18/h7-11,13,19-21,23-30,41H,1,12H2,2-6H3. The number of benzene rings is 1. The third-order valence-electron chi connectivity index (χ3n) is 12.2. The zero-order chi connectivity index (χ0) is 33.2. The normalized spacial score (nSPS) is 46.0. The molecule has 8 aliphatic rings. The summed E-state index contributed by atoms with van der Waals surface area (Å²) in [6.45, 7) is 9.35. The van der Waals surface area contributed by atoms with Gasteiger partial charge < -0.3 is 28.8 Å². The molecule has 1 N–H and O–H groups in total. The molecule has 9 rings (SSSR count). The van der Waals surface area contributed by atoms with Crippen LogP contribution in [-0.2, 0) is 42.9 Å². The van der Waals surface area contributed by atoms with Crippen molar-refractivity contribution in [2.24, 2.45) is 39.9 Å². The number of nitrogens with zero attached hydrogens (tertiary/aromatic N) is 1. The first-order valence-corrected chi connectivity index (χ1v) is 15.5. The molecule has 8 fully saturated rings. The number of aldehydes is 1. The first kappa shape index (κ1) is 30.7. The highest BCUT2D eigenvalue weighted by Gasteiger charge is 2.94. The van der Waals surface area contributed by atoms with Gasteiger partial charge >= 0.3 is 23.9 Å². The predicted octanol–water partition coefficient (Wildman–Crippen LogP) is 1.28. The van der Waals surface area contributed by atoms with E-state index in [0.29, 0.717) is 11.9 Å². The van der Waals surface area contributed by atoms with Gasteiger partial charge in [-0.25, -0.2) is 4.79 Å². The highest BCUT2D eigenvalue weighted by molar-refractivity contribution is 5.94. The number of carbonyl (C=O) groups is 6. The van der Waals surface area contributed by atoms with Crippen molar-refractivity contribution < 1.29 is 52.8 Å². The molecule has 46 heavy (non-hydrogen) atoms. The Hall–Kier alpha value is -3.90. The number of Topliss-reactive ketones (excluding diaryl/α,β-unsaturated/α-hetero) is 1. The summed E-state index contributed by atoms with van der Waals surface area (Å²) < 4.78 is 24.2. The molecular weight excluding hydrogens is 598 g/mol. The van der Waals surface area contributed by atoms with Gasteiger partial charge in [-0.05, 0) is 32.5 Å². The lowest BCUT2D eigenvalue weighted by atomic mass is 9.37. The van der Waals surface area contributed by atoms with Crippen LogP contribution < -0.4 is 0 Å². The SMILES string of the molecule is C=C1CC23C(O)C4C5C(C)(C=O)C(OC(C)=O)C(OC(=O)c6ccccc6)C(OC(C)=O)C56C(C2C(=O)C1C(OC(C)=O)C36)N4C. The molecule has 0 aromatic heterocycles. The van der Waals surface area contributed by atoms with Crippen molar-refractivity contribution in [2.75, 3.05) is 7.05 Å². The van der Waals surface area contributed by atoms with Gasteiger partial charge in [0.25, 0.3) is 0 Å². The van der Waals surface area contributed by atoms with Gasteiger partial charge in [-0.2, -0.15) is 0 Å². The molecule has 12 nitrogen and oxygen atoms in total. The van der Waals surface area contributed by atoms with E-state index in [9.17, 15) is 33.9 Å². The fourth-order valence-electron chi connectivity index (χ4n) is 11.5. The number of aliphatic hydroxyl groups is 1. The lowest BCUT2D eigenvalue weighted by molar-refractivity contribution is -0.288. The van der Waals surface area contributed by atoms with Crippen LogP contribution in [0.1, 0.15) is 44.5 Å². The maximum absolute atomic E-state index is 14.5. The van der Waals surface area contributed by atoms with Gasteiger partial charge in [0, 0.05) is 61.4 Å². The van der Waals surface area contributed by atoms with E-state index in [1.54, 1.807) is 32.2 Å². The molecule has 244 valence electrons. The molecular formula is C34H37NO11. The lowest BCUT2D eigenvalue weighted by Gasteiger charge is -2.68. The molecule has 2 heterocycles. The summed E-state index contributed by atoms with van der Waals surface area (Å²) in [5.41, 5.74) is -3.44. The second-order valence-electron chi connectivity index (χ2n) is 14.2. The highest BCUT2D eigenvalue weighted by atomic mass is 16.6. The van der Waals surface area contributed by atoms with Gasteiger partial charge in [0.2, 0.25) is 0 Å². The molecule has 14 unspecified atom stereocenters. The number of carbonyl (C=O) groups excluding carboxylic acids is 6. The van der Waals surface area contributed by atoms with E-state index in [1.807, 2.05) is 4.90 Å². The molecule has 7 bridgehead atoms. The van der Waals surface area contributed by atoms with E-state index in [2.05, 4.69) is 6.58 Å². The molecule has 2 aliphatic heterocycles. The van der Waals surface area contributed by atoms with Crippen molar-refractivity contribution in [3.05, 3.63) is 48.0 Å². The van der Waals surface area contributed by atoms with Crippen LogP contribution in [0.25, 0.3) is 0 Å². The van der Waals surface area contributed by atoms with Crippen molar-refractivity contribution in [2.45, 2.75) is 76.7 Å². The van der Waals surface area contributed by atoms with Crippen molar-refractivity contribution >= 4 is 35.9 Å². The highest BCUT2D eigenvalue weighted by Crippen LogP contribution is 2.84. The number of rotatable bonds is 6. The third kappa shape index (κ3) is 3.41. The van der Waals surface area contributed by atoms with Crippen LogP contribution in [0, 0.1) is 39.9 Å². The van der Waals surface area contributed by atoms with Crippen molar-refractivity contribution in [3.8, 4) is 0 Å². The van der Waals surface area contributed by atoms with Crippen LogP contribution in [0.2, 0.25) is 0 Å². The number of ketones is 1. The van der Waals surface area contributed by atoms with Crippen molar-refractivity contribution in [1.29, 1.82) is 0 Å². The summed E-state index contributed by atoms with van der Waals surface area (Å²) in [7, 11) is 1.75. The molecule has 14 atom stereocenters. The van der Waals surface area contributed by atoms with Gasteiger partial charge in [0.15, 0.2) is 18.3 Å². The van der Waals surface area contributed by atoms with Crippen LogP contribution in [-0.4, -0.2) is 95.6 Å². The van der Waals surface area contributed by atoms with Gasteiger partial charge in [0.05, 0.1) is 23.0 Å². The third-order valence-corrected chi connectivity index (χ3v) is 12.2. The minimum Gasteiger partial charge on any atom is -0.461 e. The number of hydrogen-bond donors (Lipinski definition) is 1. The first-order chi connectivity index (χ1) is 21.7. The molecule has 2 saturated heterocycles. The van der Waals surface area contributed by atoms with E-state index in [4.69, 9.17) is 18.9 Å². The van der Waals surface area contributed by atoms with Crippen LogP contribution in [0.4, 0.5) is 0 Å². The molecule has 1 aromatic carbocycles. The summed E-state index contributed by atoms with van der Waals surface area (Å²) in [5, 5.41) is 12.4. The summed E-state index contributed by atoms with van der Waals surface area (Å²) in [4.78, 5) is 82.0. The molecule has 2 spiro atoms. The Kier molecular flexibility index (Phi) is 6.55. The fourth-order valence-corrected chi connectivity index (χ4v) is 11.5. The second kappa shape index (κ2) is 9.80. The number of aliphatic hydroxyl groups excluding tert-OH is 1. The van der Waals surface area contributed by atoms with Crippen molar-refractivity contribution in [1.82, 2.24) is 4.90 Å². The Labute approximate surface area is 265 Å². The minimum atomic E-state index is -1.63. The van der Waals surface area contributed by atoms with Gasteiger partial charge in [-0.15, -0.1) is 0 Å². The molecule has 0 radical (unpaired) electrons. The van der Waals surface area contributed by atoms with Gasteiger partial charge in [0.1, 0.15) is 18.2 Å². The second-order valence-corrected chi connectivity index (χ2v) is 14.2. The van der Waals surface area contributed by atoms with Crippen LogP contribution in [0.5, 0.6) is 0 Å². The molecule has 6 saturated carbocycles. The molecule has 12 heteroatoms. The average molecular weight is 636 g/mol. The topological polar surface area (TPSA) is 163 Å². The predicted molar refractivity (Wildman–Crippen MR) is 155 cm³/mol. The monoisotopic (exact) mass is 635 g/mol. The summed E-state index contributed by atoms with van der Waals surface area (Å²) in [5.74, 6) is -6.56. The smallest absolute Gasteiger partial charge is 0.338 e. The Balaban J connectivity index is 1.53. The summed E-state index contributed by atoms with van der Waals surface area (Å²) in [6.07, 6.45) is -5.69. The zero-order valence-corrected chi connectivity index (χ0v) is 26.2. The largest absolute Gasteiger partial charge is 0.461 e. The zero-order valence-electron chi connectivity index (χ0n) is 26.2. The van der Waals surface area contributed by atoms with E-state index < -0.39 is 106 Å². The number of fused-ring (bicyclic) bond motifs is 1. The maximum atomic E-state index is 14.5. The van der Waals surface area contributed by atoms with Gasteiger partial charge in [-0.1, -0.05) is 30.4 Å². The van der Waals surface area contributed by atoms with E-state index >= 15 is 0 Å². The average Bonchev–Trinajstić information content (AvgIpc) is 3.32. The summed E-state index contributed by atoms with van der Waals surface area (Å²) >= 11 is 0. The fraction of sp³-hybridized carbons (Fsp3) is 0.588. The molecule has 1 aromatic rings. The number of esters is 4. The van der Waals surface area contributed by atoms with Gasteiger partial charge in [-0.3, -0.25) is 24.1 Å². The Bertz CT molecular complexity index is 1590. The first-order valence-electron chi connectivity index (χ1n) is 15.5. The number of piperidine rings is 1. The minimum absolute atomic E-state index is 0.170. The van der Waals surface area contributed by atoms with E-state index in [-0.39, 0.29) is 17.8 Å². The van der Waals surface area contributed by atoms with Crippen LogP contribution in [0.3, 0.4) is 0 Å². The number of ether oxygens (including phenoxy) is 4. The maximum Gasteiger partial charge on any atom is 0.338 e. The molecule has 0 amide bonds. The lowest BCUT2D eigenvalue weighted by Crippen LogP contribution is -2.79. The van der Waals surface area contributed by atoms with Crippen molar-refractivity contribution in [3.63, 3.8) is 0 Å².